The molecule has 0 bridgehead atoms. The second-order valence-corrected chi connectivity index (χ2v) is 6.61. The highest BCUT2D eigenvalue weighted by Crippen LogP contribution is 2.32. The molecule has 1 aromatic carbocycles. The molecule has 26 heavy (non-hydrogen) atoms. The summed E-state index contributed by atoms with van der Waals surface area (Å²) in [5.41, 5.74) is 1.88. The number of benzene rings is 1. The number of amides is 1. The minimum absolute atomic E-state index is 0.164. The highest BCUT2D eigenvalue weighted by atomic mass is 16.6. The molecule has 136 valence electrons. The van der Waals surface area contributed by atoms with E-state index in [4.69, 9.17) is 4.74 Å². The lowest BCUT2D eigenvalue weighted by Gasteiger charge is -2.27. The van der Waals surface area contributed by atoms with Crippen LogP contribution in [0.4, 0.5) is 10.6 Å². The smallest absolute Gasteiger partial charge is 0.416 e. The van der Waals surface area contributed by atoms with Crippen LogP contribution in [0.25, 0.3) is 0 Å². The number of aliphatic carboxylic acids is 1. The molecule has 0 saturated heterocycles. The quantitative estimate of drug-likeness (QED) is 0.884. The fraction of sp³-hybridized carbons (Fsp3) is 0.350. The van der Waals surface area contributed by atoms with Crippen molar-refractivity contribution in [3.63, 3.8) is 0 Å². The Morgan fingerprint density at radius 1 is 1.19 bits per heavy atom. The Morgan fingerprint density at radius 2 is 1.96 bits per heavy atom. The van der Waals surface area contributed by atoms with Crippen molar-refractivity contribution in [2.45, 2.75) is 38.8 Å². The lowest BCUT2D eigenvalue weighted by atomic mass is 10.1. The van der Waals surface area contributed by atoms with Gasteiger partial charge in [-0.05, 0) is 43.4 Å². The molecule has 1 N–H and O–H groups in total. The molecule has 0 radical (unpaired) electrons. The van der Waals surface area contributed by atoms with Gasteiger partial charge in [0, 0.05) is 12.2 Å². The molecule has 1 heterocycles. The number of ether oxygens (including phenoxy) is 1. The SMILES string of the molecule is Cc1ccc(N(C(=O)OCc2ccccc2)[C@H]2CC[C@@H](C(=O)O)C2)nc1. The predicted octanol–water partition coefficient (Wildman–Crippen LogP) is 3.79. The van der Waals surface area contributed by atoms with E-state index < -0.39 is 18.0 Å². The number of hydrogen-bond acceptors (Lipinski definition) is 4. The molecule has 0 spiro atoms. The first-order valence-electron chi connectivity index (χ1n) is 8.70. The second-order valence-electron chi connectivity index (χ2n) is 6.61. The van der Waals surface area contributed by atoms with Gasteiger partial charge in [-0.25, -0.2) is 9.78 Å². The third kappa shape index (κ3) is 4.20. The van der Waals surface area contributed by atoms with E-state index in [1.807, 2.05) is 43.3 Å². The molecule has 1 aromatic heterocycles. The molecule has 1 fully saturated rings. The Balaban J connectivity index is 1.77. The summed E-state index contributed by atoms with van der Waals surface area (Å²) in [6.07, 6.45) is 2.77. The molecule has 0 unspecified atom stereocenters. The summed E-state index contributed by atoms with van der Waals surface area (Å²) >= 11 is 0. The van der Waals surface area contributed by atoms with Crippen LogP contribution in [0.2, 0.25) is 0 Å². The van der Waals surface area contributed by atoms with Gasteiger partial charge in [-0.1, -0.05) is 36.4 Å². The number of nitrogens with zero attached hydrogens (tertiary/aromatic N) is 2. The molecule has 1 aliphatic carbocycles. The van der Waals surface area contributed by atoms with Gasteiger partial charge in [0.05, 0.1) is 5.92 Å². The summed E-state index contributed by atoms with van der Waals surface area (Å²) in [6, 6.07) is 12.9. The van der Waals surface area contributed by atoms with Gasteiger partial charge >= 0.3 is 12.1 Å². The van der Waals surface area contributed by atoms with Gasteiger partial charge in [-0.2, -0.15) is 0 Å². The van der Waals surface area contributed by atoms with Crippen molar-refractivity contribution in [3.05, 3.63) is 59.8 Å². The number of carboxylic acid groups (broad SMARTS) is 1. The number of hydrogen-bond donors (Lipinski definition) is 1. The van der Waals surface area contributed by atoms with Crippen molar-refractivity contribution in [2.24, 2.45) is 5.92 Å². The topological polar surface area (TPSA) is 79.7 Å². The third-order valence-corrected chi connectivity index (χ3v) is 4.66. The molecule has 2 atom stereocenters. The van der Waals surface area contributed by atoms with E-state index in [-0.39, 0.29) is 12.6 Å². The van der Waals surface area contributed by atoms with Crippen LogP contribution < -0.4 is 4.90 Å². The number of pyridine rings is 1. The van der Waals surface area contributed by atoms with Gasteiger partial charge in [-0.15, -0.1) is 0 Å². The summed E-state index contributed by atoms with van der Waals surface area (Å²) < 4.78 is 5.48. The zero-order valence-electron chi connectivity index (χ0n) is 14.7. The fourth-order valence-corrected chi connectivity index (χ4v) is 3.24. The number of carboxylic acids is 1. The van der Waals surface area contributed by atoms with Gasteiger partial charge in [-0.3, -0.25) is 9.69 Å². The zero-order valence-corrected chi connectivity index (χ0v) is 14.7. The number of aromatic nitrogens is 1. The summed E-state index contributed by atoms with van der Waals surface area (Å²) in [7, 11) is 0. The Hall–Kier alpha value is -2.89. The van der Waals surface area contributed by atoms with Crippen LogP contribution in [0.3, 0.4) is 0 Å². The van der Waals surface area contributed by atoms with Gasteiger partial charge in [0.1, 0.15) is 12.4 Å². The van der Waals surface area contributed by atoms with Crippen molar-refractivity contribution in [2.75, 3.05) is 4.90 Å². The van der Waals surface area contributed by atoms with E-state index >= 15 is 0 Å². The lowest BCUT2D eigenvalue weighted by Crippen LogP contribution is -2.40. The van der Waals surface area contributed by atoms with E-state index in [0.717, 1.165) is 11.1 Å². The molecule has 1 amide bonds. The van der Waals surface area contributed by atoms with E-state index in [2.05, 4.69) is 4.98 Å². The normalized spacial score (nSPS) is 19.1. The van der Waals surface area contributed by atoms with Crippen molar-refractivity contribution in [1.82, 2.24) is 4.98 Å². The molecule has 3 rings (SSSR count). The fourth-order valence-electron chi connectivity index (χ4n) is 3.24. The monoisotopic (exact) mass is 354 g/mol. The second kappa shape index (κ2) is 7.99. The highest BCUT2D eigenvalue weighted by Gasteiger charge is 2.37. The minimum atomic E-state index is -0.818. The molecule has 1 saturated carbocycles. The van der Waals surface area contributed by atoms with Crippen LogP contribution in [0, 0.1) is 12.8 Å². The van der Waals surface area contributed by atoms with Crippen molar-refractivity contribution in [3.8, 4) is 0 Å². The molecule has 1 aliphatic rings. The predicted molar refractivity (Wildman–Crippen MR) is 96.8 cm³/mol. The number of rotatable bonds is 5. The number of carbonyl (C=O) groups is 2. The maximum absolute atomic E-state index is 12.8. The average molecular weight is 354 g/mol. The van der Waals surface area contributed by atoms with E-state index in [0.29, 0.717) is 25.1 Å². The maximum atomic E-state index is 12.8. The molecule has 2 aromatic rings. The van der Waals surface area contributed by atoms with Gasteiger partial charge in [0.2, 0.25) is 0 Å². The molecule has 6 heteroatoms. The first-order valence-corrected chi connectivity index (χ1v) is 8.70. The van der Waals surface area contributed by atoms with Crippen LogP contribution in [-0.2, 0) is 16.1 Å². The number of aryl methyl sites for hydroxylation is 1. The molecule has 0 aliphatic heterocycles. The largest absolute Gasteiger partial charge is 0.481 e. The Labute approximate surface area is 152 Å². The Morgan fingerprint density at radius 3 is 2.58 bits per heavy atom. The van der Waals surface area contributed by atoms with Gasteiger partial charge < -0.3 is 9.84 Å². The van der Waals surface area contributed by atoms with Crippen LogP contribution in [0.5, 0.6) is 0 Å². The summed E-state index contributed by atoms with van der Waals surface area (Å²) in [4.78, 5) is 29.9. The zero-order chi connectivity index (χ0) is 18.5. The average Bonchev–Trinajstić information content (AvgIpc) is 3.13. The minimum Gasteiger partial charge on any atom is -0.481 e. The summed E-state index contributed by atoms with van der Waals surface area (Å²) in [5.74, 6) is -0.762. The van der Waals surface area contributed by atoms with Crippen LogP contribution in [0.15, 0.2) is 48.7 Å². The van der Waals surface area contributed by atoms with Crippen molar-refractivity contribution in [1.29, 1.82) is 0 Å². The van der Waals surface area contributed by atoms with Crippen LogP contribution >= 0.6 is 0 Å². The molecular weight excluding hydrogens is 332 g/mol. The third-order valence-electron chi connectivity index (χ3n) is 4.66. The van der Waals surface area contributed by atoms with Crippen molar-refractivity contribution < 1.29 is 19.4 Å². The van der Waals surface area contributed by atoms with Crippen LogP contribution in [-0.4, -0.2) is 28.2 Å². The maximum Gasteiger partial charge on any atom is 0.416 e. The van der Waals surface area contributed by atoms with E-state index in [1.165, 1.54) is 4.90 Å². The Kier molecular flexibility index (Phi) is 5.51. The Bertz CT molecular complexity index is 761. The van der Waals surface area contributed by atoms with E-state index in [1.54, 1.807) is 12.3 Å². The first-order chi connectivity index (χ1) is 12.5. The summed E-state index contributed by atoms with van der Waals surface area (Å²) in [5, 5.41) is 9.26. The number of carbonyl (C=O) groups excluding carboxylic acids is 1. The molecule has 6 nitrogen and oxygen atoms in total. The highest BCUT2D eigenvalue weighted by molar-refractivity contribution is 5.87. The van der Waals surface area contributed by atoms with E-state index in [9.17, 15) is 14.7 Å². The van der Waals surface area contributed by atoms with Gasteiger partial charge in [0.25, 0.3) is 0 Å². The summed E-state index contributed by atoms with van der Waals surface area (Å²) in [6.45, 7) is 2.09. The van der Waals surface area contributed by atoms with Crippen LogP contribution in [0.1, 0.15) is 30.4 Å². The first kappa shape index (κ1) is 17.9. The van der Waals surface area contributed by atoms with Crippen molar-refractivity contribution >= 4 is 17.9 Å². The number of anilines is 1. The lowest BCUT2D eigenvalue weighted by molar-refractivity contribution is -0.141. The molecular formula is C20H22N2O4. The van der Waals surface area contributed by atoms with Gasteiger partial charge in [0.15, 0.2) is 0 Å². The standard InChI is InChI=1S/C20H22N2O4/c1-14-7-10-18(21-12-14)22(17-9-8-16(11-17)19(23)24)20(25)26-13-15-5-3-2-4-6-15/h2-7,10,12,16-17H,8-9,11,13H2,1H3,(H,23,24)/t16-,17+/m1/s1.